The van der Waals surface area contributed by atoms with Crippen molar-refractivity contribution in [2.24, 2.45) is 17.8 Å². The Bertz CT molecular complexity index is 647. The summed E-state index contributed by atoms with van der Waals surface area (Å²) in [6.07, 6.45) is 5.84. The molecular weight excluding hydrogens is 301 g/mol. The van der Waals surface area contributed by atoms with Gasteiger partial charge in [0.1, 0.15) is 5.82 Å². The van der Waals surface area contributed by atoms with Crippen LogP contribution in [0.4, 0.5) is 4.39 Å². The molecule has 2 aromatic rings. The lowest BCUT2D eigenvalue weighted by Gasteiger charge is -2.38. The third-order valence-electron chi connectivity index (χ3n) is 5.41. The predicted molar refractivity (Wildman–Crippen MR) is 96.0 cm³/mol. The number of rotatable bonds is 5. The summed E-state index contributed by atoms with van der Waals surface area (Å²) in [4.78, 5) is 0. The molecule has 0 aliphatic heterocycles. The molecule has 0 spiro atoms. The maximum absolute atomic E-state index is 13.1. The van der Waals surface area contributed by atoms with Crippen molar-refractivity contribution in [3.63, 3.8) is 0 Å². The number of nitrogens with one attached hydrogen (secondary N) is 2. The maximum atomic E-state index is 13.1. The molecule has 3 nitrogen and oxygen atoms in total. The number of hydrogen-bond acceptors (Lipinski definition) is 2. The van der Waals surface area contributed by atoms with Crippen molar-refractivity contribution in [2.75, 3.05) is 0 Å². The Hall–Kier alpha value is -1.68. The van der Waals surface area contributed by atoms with E-state index in [1.807, 2.05) is 6.20 Å². The number of aromatic amines is 1. The van der Waals surface area contributed by atoms with Gasteiger partial charge < -0.3 is 5.32 Å². The van der Waals surface area contributed by atoms with Crippen molar-refractivity contribution in [2.45, 2.75) is 52.6 Å². The van der Waals surface area contributed by atoms with Crippen molar-refractivity contribution >= 4 is 0 Å². The van der Waals surface area contributed by atoms with E-state index in [0.717, 1.165) is 35.2 Å². The Kier molecular flexibility index (Phi) is 5.34. The summed E-state index contributed by atoms with van der Waals surface area (Å²) in [5.74, 6) is 2.02. The minimum Gasteiger partial charge on any atom is -0.309 e. The number of benzene rings is 1. The molecule has 130 valence electrons. The third-order valence-corrected chi connectivity index (χ3v) is 5.41. The molecule has 1 aromatic heterocycles. The molecule has 0 radical (unpaired) electrons. The predicted octanol–water partition coefficient (Wildman–Crippen LogP) is 4.77. The largest absolute Gasteiger partial charge is 0.309 e. The van der Waals surface area contributed by atoms with Crippen molar-refractivity contribution in [1.82, 2.24) is 15.5 Å². The first kappa shape index (κ1) is 17.2. The maximum Gasteiger partial charge on any atom is 0.123 e. The first-order valence-electron chi connectivity index (χ1n) is 9.06. The van der Waals surface area contributed by atoms with E-state index in [2.05, 4.69) is 36.3 Å². The van der Waals surface area contributed by atoms with Gasteiger partial charge in [0.2, 0.25) is 0 Å². The Morgan fingerprint density at radius 3 is 2.71 bits per heavy atom. The Labute approximate surface area is 144 Å². The molecule has 3 atom stereocenters. The summed E-state index contributed by atoms with van der Waals surface area (Å²) in [6, 6.07) is 7.10. The van der Waals surface area contributed by atoms with E-state index in [-0.39, 0.29) is 5.82 Å². The van der Waals surface area contributed by atoms with Crippen LogP contribution in [0.15, 0.2) is 30.5 Å². The zero-order chi connectivity index (χ0) is 17.1. The number of H-pyrrole nitrogens is 1. The average Bonchev–Trinajstić information content (AvgIpc) is 3.02. The van der Waals surface area contributed by atoms with Gasteiger partial charge in [0, 0.05) is 29.9 Å². The molecule has 2 N–H and O–H groups in total. The molecule has 1 fully saturated rings. The van der Waals surface area contributed by atoms with Gasteiger partial charge in [-0.1, -0.05) is 27.2 Å². The molecule has 0 bridgehead atoms. The van der Waals surface area contributed by atoms with Gasteiger partial charge in [0.15, 0.2) is 0 Å². The van der Waals surface area contributed by atoms with Crippen LogP contribution in [0.2, 0.25) is 0 Å². The van der Waals surface area contributed by atoms with Crippen LogP contribution in [0.3, 0.4) is 0 Å². The van der Waals surface area contributed by atoms with E-state index in [1.54, 1.807) is 12.1 Å². The number of halogens is 1. The van der Waals surface area contributed by atoms with Crippen LogP contribution < -0.4 is 5.32 Å². The molecule has 0 amide bonds. The van der Waals surface area contributed by atoms with Crippen LogP contribution in [0.25, 0.3) is 11.3 Å². The summed E-state index contributed by atoms with van der Waals surface area (Å²) in [6.45, 7) is 7.81. The lowest BCUT2D eigenvalue weighted by Crippen LogP contribution is -2.42. The van der Waals surface area contributed by atoms with Crippen LogP contribution in [0, 0.1) is 23.6 Å². The van der Waals surface area contributed by atoms with Crippen molar-refractivity contribution in [3.05, 3.63) is 41.8 Å². The van der Waals surface area contributed by atoms with Gasteiger partial charge in [-0.3, -0.25) is 5.10 Å². The van der Waals surface area contributed by atoms with Gasteiger partial charge in [-0.25, -0.2) is 4.39 Å². The van der Waals surface area contributed by atoms with E-state index in [4.69, 9.17) is 0 Å². The number of nitrogens with zero attached hydrogens (tertiary/aromatic N) is 1. The SMILES string of the molecule is CC(C)[C@@H]1CC[C@@H](C)C[C@H]1NCc1c[nH]nc1-c1ccc(F)cc1. The molecule has 4 heteroatoms. The average molecular weight is 329 g/mol. The molecule has 1 aromatic carbocycles. The van der Waals surface area contributed by atoms with Gasteiger partial charge in [0.05, 0.1) is 5.69 Å². The molecule has 3 rings (SSSR count). The van der Waals surface area contributed by atoms with E-state index in [9.17, 15) is 4.39 Å². The van der Waals surface area contributed by atoms with Crippen molar-refractivity contribution in [3.8, 4) is 11.3 Å². The lowest BCUT2D eigenvalue weighted by molar-refractivity contribution is 0.169. The normalized spacial score (nSPS) is 24.5. The van der Waals surface area contributed by atoms with Gasteiger partial charge in [-0.15, -0.1) is 0 Å². The quantitative estimate of drug-likeness (QED) is 0.830. The van der Waals surface area contributed by atoms with Gasteiger partial charge in [-0.2, -0.15) is 5.10 Å². The minimum atomic E-state index is -0.218. The monoisotopic (exact) mass is 329 g/mol. The summed E-state index contributed by atoms with van der Waals surface area (Å²) >= 11 is 0. The topological polar surface area (TPSA) is 40.7 Å². The molecule has 0 saturated heterocycles. The van der Waals surface area contributed by atoms with Crippen LogP contribution in [-0.4, -0.2) is 16.2 Å². The van der Waals surface area contributed by atoms with E-state index >= 15 is 0 Å². The fourth-order valence-corrected chi connectivity index (χ4v) is 3.99. The van der Waals surface area contributed by atoms with E-state index < -0.39 is 0 Å². The van der Waals surface area contributed by atoms with Crippen molar-refractivity contribution in [1.29, 1.82) is 0 Å². The highest BCUT2D eigenvalue weighted by molar-refractivity contribution is 5.62. The molecule has 1 aliphatic carbocycles. The van der Waals surface area contributed by atoms with Crippen LogP contribution in [0.5, 0.6) is 0 Å². The summed E-state index contributed by atoms with van der Waals surface area (Å²) in [5.41, 5.74) is 3.00. The van der Waals surface area contributed by atoms with E-state index in [1.165, 1.54) is 31.4 Å². The standard InChI is InChI=1S/C20H28FN3/c1-13(2)18-9-4-14(3)10-19(18)22-11-16-12-23-24-20(16)15-5-7-17(21)8-6-15/h5-8,12-14,18-19,22H,4,9-11H2,1-3H3,(H,23,24)/t14-,18+,19-/m1/s1. The highest BCUT2D eigenvalue weighted by atomic mass is 19.1. The minimum absolute atomic E-state index is 0.218. The molecule has 24 heavy (non-hydrogen) atoms. The molecule has 1 saturated carbocycles. The Balaban J connectivity index is 1.70. The number of hydrogen-bond donors (Lipinski definition) is 2. The van der Waals surface area contributed by atoms with Crippen LogP contribution >= 0.6 is 0 Å². The first-order chi connectivity index (χ1) is 11.5. The zero-order valence-electron chi connectivity index (χ0n) is 14.8. The first-order valence-corrected chi connectivity index (χ1v) is 9.06. The van der Waals surface area contributed by atoms with Crippen LogP contribution in [0.1, 0.15) is 45.6 Å². The van der Waals surface area contributed by atoms with Crippen LogP contribution in [-0.2, 0) is 6.54 Å². The second-order valence-electron chi connectivity index (χ2n) is 7.58. The van der Waals surface area contributed by atoms with Gasteiger partial charge in [-0.05, 0) is 54.9 Å². The molecule has 1 heterocycles. The summed E-state index contributed by atoms with van der Waals surface area (Å²) in [7, 11) is 0. The second-order valence-corrected chi connectivity index (χ2v) is 7.58. The third kappa shape index (κ3) is 3.86. The Morgan fingerprint density at radius 2 is 2.00 bits per heavy atom. The lowest BCUT2D eigenvalue weighted by atomic mass is 9.74. The highest BCUT2D eigenvalue weighted by Crippen LogP contribution is 2.34. The summed E-state index contributed by atoms with van der Waals surface area (Å²) in [5, 5.41) is 11.1. The smallest absolute Gasteiger partial charge is 0.123 e. The number of aromatic nitrogens is 2. The summed E-state index contributed by atoms with van der Waals surface area (Å²) < 4.78 is 13.1. The van der Waals surface area contributed by atoms with E-state index in [0.29, 0.717) is 12.0 Å². The molecule has 0 unspecified atom stereocenters. The fourth-order valence-electron chi connectivity index (χ4n) is 3.99. The Morgan fingerprint density at radius 1 is 1.25 bits per heavy atom. The highest BCUT2D eigenvalue weighted by Gasteiger charge is 2.30. The fraction of sp³-hybridized carbons (Fsp3) is 0.550. The second kappa shape index (κ2) is 7.47. The van der Waals surface area contributed by atoms with Gasteiger partial charge in [0.25, 0.3) is 0 Å². The molecular formula is C20H28FN3. The molecule has 1 aliphatic rings. The van der Waals surface area contributed by atoms with Crippen molar-refractivity contribution < 1.29 is 4.39 Å². The zero-order valence-corrected chi connectivity index (χ0v) is 14.8. The van der Waals surface area contributed by atoms with Gasteiger partial charge >= 0.3 is 0 Å².